The van der Waals surface area contributed by atoms with Gasteiger partial charge in [-0.15, -0.1) is 0 Å². The molecule has 0 spiro atoms. The van der Waals surface area contributed by atoms with E-state index in [0.717, 1.165) is 62.5 Å². The first-order chi connectivity index (χ1) is 18.0. The van der Waals surface area contributed by atoms with E-state index in [1.54, 1.807) is 12.1 Å². The van der Waals surface area contributed by atoms with Crippen molar-refractivity contribution in [1.82, 2.24) is 9.91 Å². The van der Waals surface area contributed by atoms with Gasteiger partial charge < -0.3 is 21.1 Å². The second kappa shape index (κ2) is 11.1. The zero-order valence-corrected chi connectivity index (χ0v) is 20.9. The van der Waals surface area contributed by atoms with E-state index in [-0.39, 0.29) is 17.6 Å². The van der Waals surface area contributed by atoms with Crippen LogP contribution in [0, 0.1) is 12.7 Å². The number of benzene rings is 2. The molecule has 5 rings (SSSR count). The van der Waals surface area contributed by atoms with E-state index < -0.39 is 11.8 Å². The number of allylic oxidation sites excluding steroid dienone is 1. The average Bonchev–Trinajstić information content (AvgIpc) is 3.26. The van der Waals surface area contributed by atoms with Gasteiger partial charge in [0.15, 0.2) is 0 Å². The number of fused-ring (bicyclic) bond motifs is 1. The van der Waals surface area contributed by atoms with Crippen LogP contribution in [0.1, 0.15) is 29.9 Å². The van der Waals surface area contributed by atoms with Crippen molar-refractivity contribution in [1.29, 1.82) is 0 Å². The SMILES string of the molecule is Cc1cccc(NC(=O)Nc2ccc(C3C=C(CCCN4CCOCC4)N4N=CN=C(N)C34)cc2F)c1. The molecule has 3 heterocycles. The number of carbonyl (C=O) groups is 1. The van der Waals surface area contributed by atoms with Gasteiger partial charge in [-0.05, 0) is 61.7 Å². The maximum absolute atomic E-state index is 15.1. The summed E-state index contributed by atoms with van der Waals surface area (Å²) in [6.45, 7) is 6.38. The third-order valence-corrected chi connectivity index (χ3v) is 6.87. The van der Waals surface area contributed by atoms with Crippen molar-refractivity contribution >= 4 is 29.6 Å². The first-order valence-electron chi connectivity index (χ1n) is 12.6. The number of aliphatic imine (C=N–C) groups is 1. The van der Waals surface area contributed by atoms with E-state index in [2.05, 4.69) is 31.7 Å². The molecule has 3 aliphatic rings. The molecule has 9 nitrogen and oxygen atoms in total. The number of hydrogen-bond acceptors (Lipinski definition) is 7. The molecule has 3 aliphatic heterocycles. The first kappa shape index (κ1) is 24.9. The predicted molar refractivity (Wildman–Crippen MR) is 143 cm³/mol. The lowest BCUT2D eigenvalue weighted by atomic mass is 9.92. The minimum Gasteiger partial charge on any atom is -0.385 e. The fourth-order valence-electron chi connectivity index (χ4n) is 5.02. The Morgan fingerprint density at radius 3 is 2.81 bits per heavy atom. The highest BCUT2D eigenvalue weighted by molar-refractivity contribution is 6.00. The highest BCUT2D eigenvalue weighted by Crippen LogP contribution is 2.39. The van der Waals surface area contributed by atoms with Crippen molar-refractivity contribution in [3.8, 4) is 0 Å². The van der Waals surface area contributed by atoms with Gasteiger partial charge in [-0.2, -0.15) is 5.10 Å². The second-order valence-electron chi connectivity index (χ2n) is 9.50. The predicted octanol–water partition coefficient (Wildman–Crippen LogP) is 3.86. The van der Waals surface area contributed by atoms with Crippen LogP contribution in [0.3, 0.4) is 0 Å². The van der Waals surface area contributed by atoms with E-state index in [0.29, 0.717) is 11.5 Å². The number of hydrogen-bond donors (Lipinski definition) is 3. The average molecular weight is 506 g/mol. The number of nitrogens with one attached hydrogen (secondary N) is 2. The van der Waals surface area contributed by atoms with Crippen molar-refractivity contribution in [3.05, 3.63) is 71.2 Å². The normalized spacial score (nSPS) is 21.3. The molecule has 0 bridgehead atoms. The zero-order chi connectivity index (χ0) is 25.8. The fraction of sp³-hybridized carbons (Fsp3) is 0.370. The number of morpholine rings is 1. The molecule has 1 saturated heterocycles. The van der Waals surface area contributed by atoms with E-state index in [4.69, 9.17) is 10.5 Å². The summed E-state index contributed by atoms with van der Waals surface area (Å²) >= 11 is 0. The monoisotopic (exact) mass is 505 g/mol. The lowest BCUT2D eigenvalue weighted by molar-refractivity contribution is 0.0373. The summed E-state index contributed by atoms with van der Waals surface area (Å²) in [5, 5.41) is 11.7. The minimum absolute atomic E-state index is 0.0989. The summed E-state index contributed by atoms with van der Waals surface area (Å²) in [4.78, 5) is 19.0. The Kier molecular flexibility index (Phi) is 7.47. The van der Waals surface area contributed by atoms with Gasteiger partial charge in [0, 0.05) is 30.4 Å². The van der Waals surface area contributed by atoms with E-state index >= 15 is 4.39 Å². The third-order valence-electron chi connectivity index (χ3n) is 6.87. The molecule has 0 aliphatic carbocycles. The molecule has 0 radical (unpaired) electrons. The van der Waals surface area contributed by atoms with Crippen molar-refractivity contribution in [3.63, 3.8) is 0 Å². The number of nitrogens with zero attached hydrogens (tertiary/aromatic N) is 4. The smallest absolute Gasteiger partial charge is 0.323 e. The Hall–Kier alpha value is -3.76. The fourth-order valence-corrected chi connectivity index (χ4v) is 5.02. The Morgan fingerprint density at radius 2 is 2.03 bits per heavy atom. The lowest BCUT2D eigenvalue weighted by Gasteiger charge is -2.30. The summed E-state index contributed by atoms with van der Waals surface area (Å²) in [7, 11) is 0. The van der Waals surface area contributed by atoms with Crippen molar-refractivity contribution in [2.45, 2.75) is 31.7 Å². The third kappa shape index (κ3) is 5.81. The van der Waals surface area contributed by atoms with Crippen LogP contribution in [0.5, 0.6) is 0 Å². The molecule has 194 valence electrons. The number of carbonyl (C=O) groups excluding carboxylic acids is 1. The molecule has 10 heteroatoms. The number of anilines is 2. The maximum Gasteiger partial charge on any atom is 0.323 e. The molecular formula is C27H32FN7O2. The number of ether oxygens (including phenoxy) is 1. The maximum atomic E-state index is 15.1. The molecule has 2 aromatic carbocycles. The van der Waals surface area contributed by atoms with E-state index in [1.165, 1.54) is 12.4 Å². The van der Waals surface area contributed by atoms with Crippen molar-refractivity contribution in [2.75, 3.05) is 43.5 Å². The number of aryl methyl sites for hydroxylation is 1. The Labute approximate surface area is 215 Å². The van der Waals surface area contributed by atoms with Crippen LogP contribution in [0.2, 0.25) is 0 Å². The molecule has 0 aromatic heterocycles. The molecule has 2 aromatic rings. The number of halogens is 1. The van der Waals surface area contributed by atoms with Gasteiger partial charge in [-0.25, -0.2) is 14.2 Å². The van der Waals surface area contributed by atoms with Crippen molar-refractivity contribution in [2.24, 2.45) is 15.8 Å². The van der Waals surface area contributed by atoms with Gasteiger partial charge in [-0.3, -0.25) is 9.91 Å². The largest absolute Gasteiger partial charge is 0.385 e. The highest BCUT2D eigenvalue weighted by atomic mass is 19.1. The van der Waals surface area contributed by atoms with Crippen LogP contribution >= 0.6 is 0 Å². The quantitative estimate of drug-likeness (QED) is 0.530. The Balaban J connectivity index is 1.27. The number of rotatable bonds is 7. The lowest BCUT2D eigenvalue weighted by Crippen LogP contribution is -2.43. The molecule has 2 atom stereocenters. The van der Waals surface area contributed by atoms with Gasteiger partial charge in [0.1, 0.15) is 24.0 Å². The van der Waals surface area contributed by atoms with Gasteiger partial charge in [0.25, 0.3) is 0 Å². The van der Waals surface area contributed by atoms with Crippen LogP contribution in [0.25, 0.3) is 0 Å². The second-order valence-corrected chi connectivity index (χ2v) is 9.50. The molecule has 0 saturated carbocycles. The summed E-state index contributed by atoms with van der Waals surface area (Å²) < 4.78 is 20.5. The Bertz CT molecular complexity index is 1240. The van der Waals surface area contributed by atoms with Gasteiger partial charge in [0.2, 0.25) is 0 Å². The molecular weight excluding hydrogens is 473 g/mol. The molecule has 4 N–H and O–H groups in total. The molecule has 1 fully saturated rings. The van der Waals surface area contributed by atoms with Gasteiger partial charge in [-0.1, -0.05) is 24.3 Å². The topological polar surface area (TPSA) is 108 Å². The van der Waals surface area contributed by atoms with Crippen molar-refractivity contribution < 1.29 is 13.9 Å². The van der Waals surface area contributed by atoms with Gasteiger partial charge in [0.05, 0.1) is 18.9 Å². The summed E-state index contributed by atoms with van der Waals surface area (Å²) in [5.41, 5.74) is 9.83. The molecule has 2 unspecified atom stereocenters. The Morgan fingerprint density at radius 1 is 1.19 bits per heavy atom. The standard InChI is InChI=1S/C27H32FN7O2/c1-18-4-2-5-20(14-18)32-27(36)33-24-8-7-19(15-23(24)28)22-16-21(35-25(22)26(29)30-17-31-35)6-3-9-34-10-12-37-13-11-34/h2,4-5,7-8,14-17,22,25H,3,6,9-13H2,1H3,(H2,29,30,31)(H2,32,33,36). The highest BCUT2D eigenvalue weighted by Gasteiger charge is 2.39. The van der Waals surface area contributed by atoms with Crippen LogP contribution in [0.15, 0.2) is 64.3 Å². The number of amides is 2. The first-order valence-corrected chi connectivity index (χ1v) is 12.6. The molecule has 37 heavy (non-hydrogen) atoms. The summed E-state index contributed by atoms with van der Waals surface area (Å²) in [6, 6.07) is 11.4. The van der Waals surface area contributed by atoms with E-state index in [1.807, 2.05) is 36.2 Å². The number of nitrogens with two attached hydrogens (primary N) is 1. The number of urea groups is 1. The van der Waals surface area contributed by atoms with Gasteiger partial charge >= 0.3 is 6.03 Å². The summed E-state index contributed by atoms with van der Waals surface area (Å²) in [6.07, 6.45) is 5.38. The van der Waals surface area contributed by atoms with Crippen LogP contribution in [-0.4, -0.2) is 67.0 Å². The molecule has 2 amide bonds. The van der Waals surface area contributed by atoms with E-state index in [9.17, 15) is 4.79 Å². The minimum atomic E-state index is -0.521. The van der Waals surface area contributed by atoms with Crippen LogP contribution < -0.4 is 16.4 Å². The number of hydrazone groups is 1. The number of amidine groups is 1. The van der Waals surface area contributed by atoms with Crippen LogP contribution in [-0.2, 0) is 4.74 Å². The van der Waals surface area contributed by atoms with Crippen LogP contribution in [0.4, 0.5) is 20.6 Å². The summed E-state index contributed by atoms with van der Waals surface area (Å²) in [5.74, 6) is -0.281. The zero-order valence-electron chi connectivity index (χ0n) is 20.9.